The molecule has 0 saturated carbocycles. The molecule has 0 bridgehead atoms. The highest BCUT2D eigenvalue weighted by Gasteiger charge is 2.49. The summed E-state index contributed by atoms with van der Waals surface area (Å²) in [7, 11) is 0. The number of imide groups is 1. The summed E-state index contributed by atoms with van der Waals surface area (Å²) in [6, 6.07) is -2.44. The number of aliphatic carboxylic acids is 2. The van der Waals surface area contributed by atoms with Crippen molar-refractivity contribution >= 4 is 35.7 Å². The predicted molar refractivity (Wildman–Crippen MR) is 170 cm³/mol. The number of amides is 2. The van der Waals surface area contributed by atoms with Gasteiger partial charge in [0, 0.05) is 0 Å². The standard InChI is InChI=1S/C13H9F4NO4.C8F4O3.C6H15N.C5H11NO2.CH4/c1-3(2)10(13(21)22)18-11(19)4-5(12(18)20)7(15)9(17)8(16)6(4)14;9-3-1-2(8(14)15-7(1)13)4(10)6(12)5(3)11;1-4-7(5-2)6-3;1-3(2)4(6)5(7)8;/h3,10H,1-2H3,(H,21,22);;4-6H2,1-3H3;3-4H,6H2,1-2H3,(H,7,8);1H4/t10-;;;4-;/m0..0./s1. The van der Waals surface area contributed by atoms with Crippen molar-refractivity contribution in [1.29, 1.82) is 0 Å². The van der Waals surface area contributed by atoms with Gasteiger partial charge in [-0.2, -0.15) is 0 Å². The topological polar surface area (TPSA) is 185 Å². The number of ether oxygens (including phenoxy) is 1. The van der Waals surface area contributed by atoms with Gasteiger partial charge < -0.3 is 25.6 Å². The van der Waals surface area contributed by atoms with E-state index in [2.05, 4.69) is 30.4 Å². The Labute approximate surface area is 298 Å². The lowest BCUT2D eigenvalue weighted by Crippen LogP contribution is -2.48. The molecule has 296 valence electrons. The summed E-state index contributed by atoms with van der Waals surface area (Å²) >= 11 is 0. The van der Waals surface area contributed by atoms with Gasteiger partial charge in [0.25, 0.3) is 11.8 Å². The Kier molecular flexibility index (Phi) is 17.9. The zero-order valence-corrected chi connectivity index (χ0v) is 28.7. The molecule has 0 unspecified atom stereocenters. The number of nitrogens with two attached hydrogens (primary N) is 1. The summed E-state index contributed by atoms with van der Waals surface area (Å²) in [6.07, 6.45) is 0. The Balaban J connectivity index is 0.000000753. The van der Waals surface area contributed by atoms with E-state index < -0.39 is 122 Å². The lowest BCUT2D eigenvalue weighted by molar-refractivity contribution is -0.143. The first-order valence-corrected chi connectivity index (χ1v) is 15.3. The molecule has 2 aromatic rings. The van der Waals surface area contributed by atoms with Gasteiger partial charge in [-0.1, -0.05) is 55.9 Å². The van der Waals surface area contributed by atoms with Crippen LogP contribution in [0.25, 0.3) is 0 Å². The summed E-state index contributed by atoms with van der Waals surface area (Å²) in [5.74, 6) is -26.1. The third-order valence-corrected chi connectivity index (χ3v) is 7.50. The van der Waals surface area contributed by atoms with Crippen molar-refractivity contribution in [2.45, 2.75) is 68.0 Å². The second-order valence-electron chi connectivity index (χ2n) is 11.4. The molecule has 20 heteroatoms. The van der Waals surface area contributed by atoms with Gasteiger partial charge in [-0.3, -0.25) is 19.3 Å². The largest absolute Gasteiger partial charge is 0.480 e. The maximum Gasteiger partial charge on any atom is 0.350 e. The molecule has 2 aliphatic rings. The third kappa shape index (κ3) is 10.1. The molecule has 2 aromatic carbocycles. The molecular weight excluding hydrogens is 734 g/mol. The van der Waals surface area contributed by atoms with E-state index in [1.54, 1.807) is 13.8 Å². The fraction of sp³-hybridized carbons (Fsp3) is 0.455. The zero-order chi connectivity index (χ0) is 40.7. The molecule has 4 N–H and O–H groups in total. The maximum atomic E-state index is 13.7. The number of nitrogens with zero attached hydrogens (tertiary/aromatic N) is 2. The second kappa shape index (κ2) is 19.7. The third-order valence-electron chi connectivity index (χ3n) is 7.50. The molecule has 0 aliphatic carbocycles. The lowest BCUT2D eigenvalue weighted by atomic mass is 10.0. The van der Waals surface area contributed by atoms with Crippen LogP contribution < -0.4 is 5.73 Å². The molecule has 2 amide bonds. The minimum atomic E-state index is -2.24. The summed E-state index contributed by atoms with van der Waals surface area (Å²) in [5, 5.41) is 17.3. The SMILES string of the molecule is C.CC(C)[C@@H](C(=O)O)N1C(=O)c2c(F)c(F)c(F)c(F)c2C1=O.CC(C)[C@H](N)C(=O)O.CCN(CC)CC.O=C1OC(=O)c2c(F)c(F)c(F)c(F)c21. The van der Waals surface area contributed by atoms with Crippen LogP contribution in [-0.4, -0.2) is 87.4 Å². The number of carboxylic acid groups (broad SMARTS) is 2. The Morgan fingerprint density at radius 1 is 0.604 bits per heavy atom. The Hall–Kier alpha value is -4.98. The molecule has 4 rings (SSSR count). The summed E-state index contributed by atoms with van der Waals surface area (Å²) in [4.78, 5) is 69.3. The number of carboxylic acids is 2. The van der Waals surface area contributed by atoms with Crippen LogP contribution in [0, 0.1) is 58.4 Å². The molecule has 12 nitrogen and oxygen atoms in total. The highest BCUT2D eigenvalue weighted by molar-refractivity contribution is 6.23. The molecule has 2 aliphatic heterocycles. The van der Waals surface area contributed by atoms with Crippen LogP contribution in [0.15, 0.2) is 0 Å². The van der Waals surface area contributed by atoms with Crippen molar-refractivity contribution in [2.75, 3.05) is 19.6 Å². The van der Waals surface area contributed by atoms with Crippen LogP contribution in [0.2, 0.25) is 0 Å². The van der Waals surface area contributed by atoms with Crippen molar-refractivity contribution in [3.8, 4) is 0 Å². The van der Waals surface area contributed by atoms with Crippen LogP contribution in [0.3, 0.4) is 0 Å². The van der Waals surface area contributed by atoms with E-state index >= 15 is 0 Å². The van der Waals surface area contributed by atoms with E-state index in [4.69, 9.17) is 15.9 Å². The highest BCUT2D eigenvalue weighted by atomic mass is 19.2. The normalized spacial score (nSPS) is 13.9. The molecule has 0 aromatic heterocycles. The fourth-order valence-corrected chi connectivity index (χ4v) is 4.47. The average molecular weight is 774 g/mol. The molecule has 0 saturated heterocycles. The van der Waals surface area contributed by atoms with Gasteiger partial charge >= 0.3 is 23.9 Å². The van der Waals surface area contributed by atoms with E-state index in [9.17, 15) is 63.9 Å². The van der Waals surface area contributed by atoms with Crippen molar-refractivity contribution in [3.05, 3.63) is 68.8 Å². The van der Waals surface area contributed by atoms with E-state index in [-0.39, 0.29) is 18.2 Å². The van der Waals surface area contributed by atoms with E-state index in [1.807, 2.05) is 0 Å². The van der Waals surface area contributed by atoms with E-state index in [1.165, 1.54) is 33.5 Å². The van der Waals surface area contributed by atoms with Crippen molar-refractivity contribution < 1.29 is 78.8 Å². The van der Waals surface area contributed by atoms with Gasteiger partial charge in [-0.15, -0.1) is 0 Å². The van der Waals surface area contributed by atoms with Gasteiger partial charge in [0.1, 0.15) is 23.2 Å². The van der Waals surface area contributed by atoms with Gasteiger partial charge in [0.15, 0.2) is 46.5 Å². The number of carbonyl (C=O) groups excluding carboxylic acids is 4. The number of carbonyl (C=O) groups is 6. The first-order chi connectivity index (χ1) is 24.0. The summed E-state index contributed by atoms with van der Waals surface area (Å²) in [6.45, 7) is 16.4. The number of hydrogen-bond acceptors (Lipinski definition) is 9. The first-order valence-electron chi connectivity index (χ1n) is 15.3. The van der Waals surface area contributed by atoms with Crippen LogP contribution in [0.1, 0.15) is 97.3 Å². The molecular formula is C33H39F8N3O9. The Bertz CT molecular complexity index is 1650. The van der Waals surface area contributed by atoms with Gasteiger partial charge in [0.2, 0.25) is 0 Å². The number of benzene rings is 2. The first kappa shape index (κ1) is 48.0. The van der Waals surface area contributed by atoms with Gasteiger partial charge in [-0.05, 0) is 31.5 Å². The number of fused-ring (bicyclic) bond motifs is 2. The highest BCUT2D eigenvalue weighted by Crippen LogP contribution is 2.34. The summed E-state index contributed by atoms with van der Waals surface area (Å²) in [5.41, 5.74) is 0.141. The monoisotopic (exact) mass is 773 g/mol. The van der Waals surface area contributed by atoms with Gasteiger partial charge in [-0.25, -0.2) is 49.5 Å². The van der Waals surface area contributed by atoms with E-state index in [0.29, 0.717) is 0 Å². The molecule has 0 spiro atoms. The predicted octanol–water partition coefficient (Wildman–Crippen LogP) is 5.54. The number of esters is 2. The van der Waals surface area contributed by atoms with Crippen LogP contribution in [0.5, 0.6) is 0 Å². The number of rotatable bonds is 8. The molecule has 2 heterocycles. The second-order valence-corrected chi connectivity index (χ2v) is 11.4. The Morgan fingerprint density at radius 2 is 0.906 bits per heavy atom. The van der Waals surface area contributed by atoms with E-state index in [0.717, 1.165) is 0 Å². The number of hydrogen-bond donors (Lipinski definition) is 3. The maximum absolute atomic E-state index is 13.7. The quantitative estimate of drug-likeness (QED) is 0.0765. The minimum absolute atomic E-state index is 0. The van der Waals surface area contributed by atoms with Crippen molar-refractivity contribution in [1.82, 2.24) is 9.80 Å². The summed E-state index contributed by atoms with van der Waals surface area (Å²) < 4.78 is 109. The van der Waals surface area contributed by atoms with Crippen molar-refractivity contribution in [2.24, 2.45) is 17.6 Å². The lowest BCUT2D eigenvalue weighted by Gasteiger charge is -2.25. The van der Waals surface area contributed by atoms with Crippen LogP contribution in [0.4, 0.5) is 35.1 Å². The van der Waals surface area contributed by atoms with Crippen molar-refractivity contribution in [3.63, 3.8) is 0 Å². The zero-order valence-electron chi connectivity index (χ0n) is 28.7. The molecule has 53 heavy (non-hydrogen) atoms. The van der Waals surface area contributed by atoms with Crippen LogP contribution >= 0.6 is 0 Å². The Morgan fingerprint density at radius 3 is 1.09 bits per heavy atom. The fourth-order valence-electron chi connectivity index (χ4n) is 4.47. The molecule has 0 radical (unpaired) electrons. The molecule has 2 atom stereocenters. The van der Waals surface area contributed by atoms with Gasteiger partial charge in [0.05, 0.1) is 11.1 Å². The van der Waals surface area contributed by atoms with Crippen LogP contribution in [-0.2, 0) is 14.3 Å². The number of cyclic esters (lactones) is 2. The minimum Gasteiger partial charge on any atom is -0.480 e. The number of halogens is 8. The molecule has 0 fully saturated rings. The smallest absolute Gasteiger partial charge is 0.350 e. The average Bonchev–Trinajstić information content (AvgIpc) is 3.52.